The molecule has 0 aliphatic heterocycles. The number of carbonyl (C=O) groups excluding carboxylic acids is 2. The number of hydrogen-bond acceptors (Lipinski definition) is 4. The van der Waals surface area contributed by atoms with Crippen molar-refractivity contribution in [2.24, 2.45) is 0 Å². The Hall–Kier alpha value is 0.0395. The van der Waals surface area contributed by atoms with Crippen LogP contribution in [0.15, 0.2) is 0 Å². The Kier molecular flexibility index (Phi) is 19.4. The normalized spacial score (nSPS) is 5.56. The van der Waals surface area contributed by atoms with Crippen molar-refractivity contribution in [2.75, 3.05) is 0 Å². The van der Waals surface area contributed by atoms with Crippen molar-refractivity contribution in [1.82, 2.24) is 0 Å². The Morgan fingerprint density at radius 2 is 1.00 bits per heavy atom. The summed E-state index contributed by atoms with van der Waals surface area (Å²) in [6.45, 7) is 0. The Balaban J connectivity index is -0.0000000720. The van der Waals surface area contributed by atoms with Crippen LogP contribution in [0.4, 0.5) is 9.59 Å². The molecular weight excluding hydrogens is 222 g/mol. The summed E-state index contributed by atoms with van der Waals surface area (Å²) in [5, 5.41) is 17.3. The molecule has 0 spiro atoms. The number of halogens is 2. The molecule has 0 aromatic carbocycles. The molecule has 9 heavy (non-hydrogen) atoms. The smallest absolute Gasteiger partial charge is 0.534 e. The second-order valence-corrected chi connectivity index (χ2v) is 1.09. The largest absolute Gasteiger partial charge is 2.00 e. The summed E-state index contributed by atoms with van der Waals surface area (Å²) in [6.07, 6.45) is 0. The van der Waals surface area contributed by atoms with Gasteiger partial charge >= 0.3 is 17.1 Å². The minimum Gasteiger partial charge on any atom is -0.534 e. The van der Waals surface area contributed by atoms with Gasteiger partial charge in [0.05, 0.1) is 0 Å². The monoisotopic (exact) mass is 221 g/mol. The zero-order valence-corrected chi connectivity index (χ0v) is 6.14. The van der Waals surface area contributed by atoms with Crippen molar-refractivity contribution in [3.63, 3.8) is 0 Å². The first kappa shape index (κ1) is 16.0. The summed E-state index contributed by atoms with van der Waals surface area (Å²) in [5.74, 6) is 0. The van der Waals surface area contributed by atoms with E-state index in [2.05, 4.69) is 23.2 Å². The van der Waals surface area contributed by atoms with E-state index in [0.29, 0.717) is 0 Å². The minimum absolute atomic E-state index is 0. The van der Waals surface area contributed by atoms with Crippen molar-refractivity contribution in [3.05, 3.63) is 0 Å². The van der Waals surface area contributed by atoms with Crippen LogP contribution < -0.4 is 10.2 Å². The van der Waals surface area contributed by atoms with Crippen LogP contribution in [0.25, 0.3) is 0 Å². The molecule has 0 fully saturated rings. The molecule has 4 nitrogen and oxygen atoms in total. The molecule has 0 aromatic rings. The zero-order valence-electron chi connectivity index (χ0n) is 3.69. The summed E-state index contributed by atoms with van der Waals surface area (Å²) >= 11 is 8.16. The third-order valence-electron chi connectivity index (χ3n) is 0. The predicted molar refractivity (Wildman–Crippen MR) is 22.5 cm³/mol. The molecule has 0 N–H and O–H groups in total. The van der Waals surface area contributed by atoms with Crippen LogP contribution in [0.1, 0.15) is 0 Å². The average Bonchev–Trinajstić information content (AvgIpc) is 1.25. The topological polar surface area (TPSA) is 80.3 Å². The van der Waals surface area contributed by atoms with Crippen LogP contribution in [0, 0.1) is 0 Å². The number of carboxylic acid groups (broad SMARTS) is 2. The van der Waals surface area contributed by atoms with E-state index >= 15 is 0 Å². The molecule has 0 heterocycles. The molecule has 0 saturated carbocycles. The van der Waals surface area contributed by atoms with Crippen molar-refractivity contribution >= 4 is 34.1 Å². The van der Waals surface area contributed by atoms with Crippen LogP contribution in [-0.4, -0.2) is 10.9 Å². The van der Waals surface area contributed by atoms with Gasteiger partial charge in [0.15, 0.2) is 0 Å². The van der Waals surface area contributed by atoms with Gasteiger partial charge in [0.1, 0.15) is 10.9 Å². The Labute approximate surface area is 71.2 Å². The Morgan fingerprint density at radius 1 is 1.00 bits per heavy atom. The quantitative estimate of drug-likeness (QED) is 0.394. The minimum atomic E-state index is -1.61. The molecule has 1 radical (unpaired) electrons. The van der Waals surface area contributed by atoms with Gasteiger partial charge in [-0.05, 0) is 0 Å². The van der Waals surface area contributed by atoms with Gasteiger partial charge in [-0.3, -0.25) is 0 Å². The summed E-state index contributed by atoms with van der Waals surface area (Å²) in [4.78, 5) is 17.3. The Bertz CT molecular complexity index is 74.6. The first-order valence-corrected chi connectivity index (χ1v) is 1.95. The van der Waals surface area contributed by atoms with Gasteiger partial charge < -0.3 is 19.8 Å². The summed E-state index contributed by atoms with van der Waals surface area (Å²) in [6, 6.07) is 0. The standard InChI is InChI=1S/2CHClO2.Cu/c2*2-1(3)4;/h2*(H,3,4);/q;;+2/p-2. The maximum absolute atomic E-state index is 8.65. The van der Waals surface area contributed by atoms with Crippen LogP contribution in [0.3, 0.4) is 0 Å². The van der Waals surface area contributed by atoms with Crippen LogP contribution in [0.2, 0.25) is 0 Å². The Morgan fingerprint density at radius 3 is 1.00 bits per heavy atom. The first-order valence-electron chi connectivity index (χ1n) is 1.19. The molecule has 0 aromatic heterocycles. The molecule has 7 heteroatoms. The fraction of sp³-hybridized carbons (Fsp3) is 0. The van der Waals surface area contributed by atoms with E-state index in [0.717, 1.165) is 0 Å². The van der Waals surface area contributed by atoms with E-state index in [9.17, 15) is 0 Å². The van der Waals surface area contributed by atoms with Crippen LogP contribution >= 0.6 is 23.2 Å². The number of hydrogen-bond donors (Lipinski definition) is 0. The fourth-order valence-corrected chi connectivity index (χ4v) is 0. The fourth-order valence-electron chi connectivity index (χ4n) is 0. The van der Waals surface area contributed by atoms with Crippen molar-refractivity contribution in [1.29, 1.82) is 0 Å². The van der Waals surface area contributed by atoms with E-state index in [1.807, 2.05) is 0 Å². The summed E-state index contributed by atoms with van der Waals surface area (Å²) in [7, 11) is 0. The van der Waals surface area contributed by atoms with Crippen LogP contribution in [0.5, 0.6) is 0 Å². The predicted octanol–water partition coefficient (Wildman–Crippen LogP) is -0.865. The SMILES string of the molecule is O=C([O-])Cl.O=C([O-])Cl.[Cu+2]. The number of carbonyl (C=O) groups is 2. The molecule has 0 aliphatic rings. The maximum Gasteiger partial charge on any atom is 2.00 e. The molecule has 0 unspecified atom stereocenters. The number of rotatable bonds is 0. The molecule has 0 rings (SSSR count). The molecule has 0 aliphatic carbocycles. The van der Waals surface area contributed by atoms with E-state index in [1.165, 1.54) is 0 Å². The molecular formula is C2Cl2CuO4. The van der Waals surface area contributed by atoms with E-state index in [-0.39, 0.29) is 17.1 Å². The average molecular weight is 222 g/mol. The molecule has 0 amide bonds. The zero-order chi connectivity index (χ0) is 7.15. The second-order valence-electron chi connectivity index (χ2n) is 0.475. The van der Waals surface area contributed by atoms with Gasteiger partial charge in [-0.1, -0.05) is 23.2 Å². The summed E-state index contributed by atoms with van der Waals surface area (Å²) < 4.78 is 0. The van der Waals surface area contributed by atoms with Gasteiger partial charge in [0.25, 0.3) is 0 Å². The van der Waals surface area contributed by atoms with E-state index < -0.39 is 10.9 Å². The van der Waals surface area contributed by atoms with Gasteiger partial charge in [0, 0.05) is 0 Å². The van der Waals surface area contributed by atoms with Crippen molar-refractivity contribution in [3.8, 4) is 0 Å². The molecule has 57 valence electrons. The molecule has 0 saturated heterocycles. The maximum atomic E-state index is 8.65. The van der Waals surface area contributed by atoms with Crippen LogP contribution in [-0.2, 0) is 17.1 Å². The van der Waals surface area contributed by atoms with Gasteiger partial charge in [0.2, 0.25) is 0 Å². The molecule has 0 atom stereocenters. The molecule has 0 bridgehead atoms. The van der Waals surface area contributed by atoms with Gasteiger partial charge in [-0.2, -0.15) is 0 Å². The van der Waals surface area contributed by atoms with Gasteiger partial charge in [-0.15, -0.1) is 0 Å². The van der Waals surface area contributed by atoms with E-state index in [4.69, 9.17) is 19.8 Å². The van der Waals surface area contributed by atoms with Crippen molar-refractivity contribution < 1.29 is 36.9 Å². The third-order valence-corrected chi connectivity index (χ3v) is 0. The first-order chi connectivity index (χ1) is 3.46. The second kappa shape index (κ2) is 10.9. The van der Waals surface area contributed by atoms with Crippen molar-refractivity contribution in [2.45, 2.75) is 0 Å². The summed E-state index contributed by atoms with van der Waals surface area (Å²) in [5.41, 5.74) is -3.22. The van der Waals surface area contributed by atoms with Gasteiger partial charge in [-0.25, -0.2) is 0 Å². The van der Waals surface area contributed by atoms with E-state index in [1.54, 1.807) is 0 Å². The third kappa shape index (κ3) is 188000.